The maximum Gasteiger partial charge on any atom is 0.416 e. The summed E-state index contributed by atoms with van der Waals surface area (Å²) in [6, 6.07) is 14.6. The fourth-order valence-electron chi connectivity index (χ4n) is 3.80. The van der Waals surface area contributed by atoms with Gasteiger partial charge in [-0.2, -0.15) is 13.2 Å². The molecule has 4 nitrogen and oxygen atoms in total. The minimum absolute atomic E-state index is 0. The average Bonchev–Trinajstić information content (AvgIpc) is 2.64. The molecule has 1 saturated heterocycles. The zero-order chi connectivity index (χ0) is 20.3. The molecule has 9 heteroatoms. The average molecular weight is 465 g/mol. The van der Waals surface area contributed by atoms with Gasteiger partial charge in [0.2, 0.25) is 0 Å². The highest BCUT2D eigenvalue weighted by Crippen LogP contribution is 2.35. The van der Waals surface area contributed by atoms with Crippen LogP contribution < -0.4 is 0 Å². The van der Waals surface area contributed by atoms with E-state index in [9.17, 15) is 18.0 Å². The minimum atomic E-state index is -4.40. The van der Waals surface area contributed by atoms with E-state index in [2.05, 4.69) is 4.90 Å². The molecule has 1 aliphatic rings. The lowest BCUT2D eigenvalue weighted by Gasteiger charge is -2.43. The number of carboxylic acid groups (broad SMARTS) is 1. The highest BCUT2D eigenvalue weighted by molar-refractivity contribution is 5.85. The molecule has 1 N–H and O–H groups in total. The molecule has 2 atom stereocenters. The van der Waals surface area contributed by atoms with Crippen molar-refractivity contribution in [2.24, 2.45) is 0 Å². The second-order valence-electron chi connectivity index (χ2n) is 7.14. The van der Waals surface area contributed by atoms with Gasteiger partial charge in [0, 0.05) is 25.7 Å². The number of nitrogens with zero attached hydrogens (tertiary/aromatic N) is 2. The molecule has 0 radical (unpaired) electrons. The number of piperazine rings is 1. The summed E-state index contributed by atoms with van der Waals surface area (Å²) in [6.45, 7) is 3.62. The Hall–Kier alpha value is -1.80. The molecule has 1 aliphatic heterocycles. The molecule has 1 fully saturated rings. The highest BCUT2D eigenvalue weighted by Gasteiger charge is 2.34. The van der Waals surface area contributed by atoms with E-state index in [4.69, 9.17) is 5.11 Å². The smallest absolute Gasteiger partial charge is 0.416 e. The van der Waals surface area contributed by atoms with E-state index in [1.807, 2.05) is 42.2 Å². The third kappa shape index (κ3) is 6.35. The first-order chi connectivity index (χ1) is 13.3. The van der Waals surface area contributed by atoms with Crippen LogP contribution in [-0.4, -0.2) is 53.1 Å². The van der Waals surface area contributed by atoms with Crippen LogP contribution in [0.15, 0.2) is 54.6 Å². The molecule has 2 aromatic rings. The van der Waals surface area contributed by atoms with Gasteiger partial charge in [0.15, 0.2) is 0 Å². The third-order valence-corrected chi connectivity index (χ3v) is 5.15. The predicted octanol–water partition coefficient (Wildman–Crippen LogP) is 4.73. The van der Waals surface area contributed by atoms with Crippen molar-refractivity contribution in [3.63, 3.8) is 0 Å². The molecule has 0 bridgehead atoms. The summed E-state index contributed by atoms with van der Waals surface area (Å²) < 4.78 is 39.7. The number of benzene rings is 2. The summed E-state index contributed by atoms with van der Waals surface area (Å²) in [5.41, 5.74) is 0.837. The molecule has 1 heterocycles. The van der Waals surface area contributed by atoms with Gasteiger partial charge in [-0.05, 0) is 30.2 Å². The predicted molar refractivity (Wildman–Crippen MR) is 114 cm³/mol. The highest BCUT2D eigenvalue weighted by atomic mass is 35.5. The Kier molecular flexibility index (Phi) is 9.62. The fourth-order valence-corrected chi connectivity index (χ4v) is 3.80. The van der Waals surface area contributed by atoms with Crippen molar-refractivity contribution >= 4 is 30.8 Å². The van der Waals surface area contributed by atoms with Crippen LogP contribution in [0.5, 0.6) is 0 Å². The summed E-state index contributed by atoms with van der Waals surface area (Å²) in [6.07, 6.45) is -4.40. The van der Waals surface area contributed by atoms with Gasteiger partial charge in [-0.1, -0.05) is 42.5 Å². The van der Waals surface area contributed by atoms with E-state index in [1.54, 1.807) is 6.07 Å². The van der Waals surface area contributed by atoms with Crippen molar-refractivity contribution in [2.75, 3.05) is 26.2 Å². The SMILES string of the molecule is C[C@@H]1CN(C(c2ccccc2)c2cccc(C(F)(F)F)c2)CCN1CC(=O)O.Cl.Cl. The van der Waals surface area contributed by atoms with Crippen LogP contribution in [0, 0.1) is 0 Å². The van der Waals surface area contributed by atoms with Gasteiger partial charge in [-0.3, -0.25) is 14.6 Å². The van der Waals surface area contributed by atoms with E-state index in [1.165, 1.54) is 12.1 Å². The van der Waals surface area contributed by atoms with E-state index in [0.29, 0.717) is 25.2 Å². The van der Waals surface area contributed by atoms with Crippen LogP contribution in [0.4, 0.5) is 13.2 Å². The summed E-state index contributed by atoms with van der Waals surface area (Å²) >= 11 is 0. The Labute approximate surface area is 186 Å². The molecule has 166 valence electrons. The normalized spacial score (nSPS) is 18.7. The number of alkyl halides is 3. The molecule has 0 saturated carbocycles. The van der Waals surface area contributed by atoms with Crippen molar-refractivity contribution in [1.82, 2.24) is 9.80 Å². The summed E-state index contributed by atoms with van der Waals surface area (Å²) in [4.78, 5) is 15.1. The maximum atomic E-state index is 13.2. The minimum Gasteiger partial charge on any atom is -0.480 e. The largest absolute Gasteiger partial charge is 0.480 e. The first-order valence-corrected chi connectivity index (χ1v) is 9.17. The number of hydrogen-bond acceptors (Lipinski definition) is 3. The zero-order valence-electron chi connectivity index (χ0n) is 16.4. The number of carboxylic acids is 1. The van der Waals surface area contributed by atoms with Gasteiger partial charge in [0.25, 0.3) is 0 Å². The van der Waals surface area contributed by atoms with Crippen molar-refractivity contribution < 1.29 is 23.1 Å². The number of carbonyl (C=O) groups is 1. The van der Waals surface area contributed by atoms with Crippen LogP contribution >= 0.6 is 24.8 Å². The molecular formula is C21H25Cl2F3N2O2. The zero-order valence-corrected chi connectivity index (χ0v) is 18.0. The first kappa shape index (κ1) is 26.2. The molecule has 1 unspecified atom stereocenters. The van der Waals surface area contributed by atoms with Crippen molar-refractivity contribution in [3.05, 3.63) is 71.3 Å². The second kappa shape index (κ2) is 11.0. The number of hydrogen-bond donors (Lipinski definition) is 1. The van der Waals surface area contributed by atoms with Gasteiger partial charge < -0.3 is 5.11 Å². The van der Waals surface area contributed by atoms with E-state index in [-0.39, 0.29) is 43.4 Å². The van der Waals surface area contributed by atoms with Crippen molar-refractivity contribution in [1.29, 1.82) is 0 Å². The van der Waals surface area contributed by atoms with Gasteiger partial charge in [-0.15, -0.1) is 24.8 Å². The Bertz CT molecular complexity index is 821. The molecule has 2 aromatic carbocycles. The third-order valence-electron chi connectivity index (χ3n) is 5.15. The van der Waals surface area contributed by atoms with Crippen LogP contribution in [0.25, 0.3) is 0 Å². The lowest BCUT2D eigenvalue weighted by Crippen LogP contribution is -2.54. The van der Waals surface area contributed by atoms with Crippen molar-refractivity contribution in [3.8, 4) is 0 Å². The number of rotatable bonds is 5. The maximum absolute atomic E-state index is 13.2. The lowest BCUT2D eigenvalue weighted by atomic mass is 9.94. The van der Waals surface area contributed by atoms with Gasteiger partial charge >= 0.3 is 12.1 Å². The topological polar surface area (TPSA) is 43.8 Å². The summed E-state index contributed by atoms with van der Waals surface area (Å²) in [5.74, 6) is -0.877. The molecule has 3 rings (SSSR count). The lowest BCUT2D eigenvalue weighted by molar-refractivity contribution is -0.139. The molecule has 0 aromatic heterocycles. The van der Waals surface area contributed by atoms with Crippen molar-refractivity contribution in [2.45, 2.75) is 25.2 Å². The van der Waals surface area contributed by atoms with E-state index >= 15 is 0 Å². The Morgan fingerprint density at radius 3 is 2.27 bits per heavy atom. The second-order valence-corrected chi connectivity index (χ2v) is 7.14. The monoisotopic (exact) mass is 464 g/mol. The summed E-state index contributed by atoms with van der Waals surface area (Å²) in [5, 5.41) is 9.06. The molecule has 0 aliphatic carbocycles. The number of aliphatic carboxylic acids is 1. The van der Waals surface area contributed by atoms with Crippen LogP contribution in [-0.2, 0) is 11.0 Å². The summed E-state index contributed by atoms with van der Waals surface area (Å²) in [7, 11) is 0. The van der Waals surface area contributed by atoms with E-state index < -0.39 is 17.7 Å². The van der Waals surface area contributed by atoms with Crippen LogP contribution in [0.1, 0.15) is 29.7 Å². The number of halogens is 5. The quantitative estimate of drug-likeness (QED) is 0.694. The fraction of sp³-hybridized carbons (Fsp3) is 0.381. The van der Waals surface area contributed by atoms with Gasteiger partial charge in [-0.25, -0.2) is 0 Å². The molecule has 0 spiro atoms. The molecular weight excluding hydrogens is 440 g/mol. The Morgan fingerprint density at radius 2 is 1.70 bits per heavy atom. The van der Waals surface area contributed by atoms with Crippen LogP contribution in [0.3, 0.4) is 0 Å². The van der Waals surface area contributed by atoms with Gasteiger partial charge in [0.05, 0.1) is 18.2 Å². The molecule has 30 heavy (non-hydrogen) atoms. The first-order valence-electron chi connectivity index (χ1n) is 9.17. The van der Waals surface area contributed by atoms with E-state index in [0.717, 1.165) is 11.6 Å². The van der Waals surface area contributed by atoms with Gasteiger partial charge in [0.1, 0.15) is 0 Å². The molecule has 0 amide bonds. The Balaban J connectivity index is 0.00000225. The van der Waals surface area contributed by atoms with Crippen LogP contribution in [0.2, 0.25) is 0 Å². The standard InChI is InChI=1S/C21H23F3N2O2.2ClH/c1-15-13-26(11-10-25(15)14-19(27)28)20(16-6-3-2-4-7-16)17-8-5-9-18(12-17)21(22,23)24;;/h2-9,12,15,20H,10-11,13-14H2,1H3,(H,27,28);2*1H/t15-,20?;;/m1../s1. The Morgan fingerprint density at radius 1 is 1.07 bits per heavy atom.